The van der Waals surface area contributed by atoms with Gasteiger partial charge in [-0.25, -0.2) is 4.79 Å². The average molecular weight is 341 g/mol. The third kappa shape index (κ3) is 4.90. The van der Waals surface area contributed by atoms with Gasteiger partial charge in [0.05, 0.1) is 0 Å². The van der Waals surface area contributed by atoms with Crippen LogP contribution in [0, 0.1) is 12.3 Å². The van der Waals surface area contributed by atoms with Gasteiger partial charge in [-0.15, -0.1) is 6.42 Å². The first kappa shape index (κ1) is 17.6. The minimum Gasteiger partial charge on any atom is -0.481 e. The molecule has 2 saturated heterocycles. The highest BCUT2D eigenvalue weighted by Gasteiger charge is 2.31. The number of likely N-dealkylation sites (tertiary alicyclic amines) is 2. The molecule has 0 aromatic heterocycles. The number of carbonyl (C=O) groups is 1. The first-order valence-electron chi connectivity index (χ1n) is 9.18. The van der Waals surface area contributed by atoms with Crippen molar-refractivity contribution in [1.29, 1.82) is 0 Å². The van der Waals surface area contributed by atoms with Crippen LogP contribution in [0.15, 0.2) is 24.3 Å². The molecule has 0 spiro atoms. The van der Waals surface area contributed by atoms with Gasteiger partial charge in [0.2, 0.25) is 0 Å². The maximum Gasteiger partial charge on any atom is 0.317 e. The van der Waals surface area contributed by atoms with Gasteiger partial charge in [-0.05, 0) is 56.5 Å². The summed E-state index contributed by atoms with van der Waals surface area (Å²) in [6, 6.07) is 8.47. The number of ether oxygens (including phenoxy) is 1. The summed E-state index contributed by atoms with van der Waals surface area (Å²) in [7, 11) is 0. The van der Waals surface area contributed by atoms with Gasteiger partial charge >= 0.3 is 6.03 Å². The number of terminal acetylenes is 1. The molecule has 2 fully saturated rings. The van der Waals surface area contributed by atoms with Crippen LogP contribution in [0.4, 0.5) is 4.79 Å². The quantitative estimate of drug-likeness (QED) is 0.806. The highest BCUT2D eigenvalue weighted by Crippen LogP contribution is 2.20. The Hall–Kier alpha value is -2.19. The van der Waals surface area contributed by atoms with Crippen LogP contribution in [-0.2, 0) is 6.42 Å². The Balaban J connectivity index is 1.37. The molecule has 1 atom stereocenters. The SMILES string of the molecule is C#CCOc1ccc(CCNC(=O)N2CCC(N3CCCC3)C2)cc1. The molecule has 5 heteroatoms. The highest BCUT2D eigenvalue weighted by molar-refractivity contribution is 5.74. The standard InChI is InChI=1S/C20H27N3O2/c1-2-15-25-19-7-5-17(6-8-19)9-11-21-20(24)23-14-10-18(16-23)22-12-3-4-13-22/h1,5-8,18H,3-4,9-16H2,(H,21,24). The van der Waals surface area contributed by atoms with Gasteiger partial charge < -0.3 is 15.0 Å². The molecule has 0 aliphatic carbocycles. The average Bonchev–Trinajstić information content (AvgIpc) is 3.32. The van der Waals surface area contributed by atoms with Crippen LogP contribution in [0.5, 0.6) is 5.75 Å². The van der Waals surface area contributed by atoms with Crippen LogP contribution >= 0.6 is 0 Å². The predicted octanol–water partition coefficient (Wildman–Crippen LogP) is 2.12. The Bertz CT molecular complexity index is 602. The molecule has 5 nitrogen and oxygen atoms in total. The molecule has 0 saturated carbocycles. The monoisotopic (exact) mass is 341 g/mol. The lowest BCUT2D eigenvalue weighted by Crippen LogP contribution is -2.42. The number of nitrogens with zero attached hydrogens (tertiary/aromatic N) is 2. The Kier molecular flexibility index (Phi) is 6.19. The van der Waals surface area contributed by atoms with E-state index in [-0.39, 0.29) is 12.6 Å². The lowest BCUT2D eigenvalue weighted by molar-refractivity contribution is 0.199. The Morgan fingerprint density at radius 3 is 2.72 bits per heavy atom. The third-order valence-electron chi connectivity index (χ3n) is 5.04. The topological polar surface area (TPSA) is 44.8 Å². The van der Waals surface area contributed by atoms with Crippen LogP contribution < -0.4 is 10.1 Å². The summed E-state index contributed by atoms with van der Waals surface area (Å²) in [6.45, 7) is 5.06. The van der Waals surface area contributed by atoms with Crippen molar-refractivity contribution in [2.45, 2.75) is 31.7 Å². The molecule has 3 rings (SSSR count). The molecule has 2 amide bonds. The lowest BCUT2D eigenvalue weighted by atomic mass is 10.1. The van der Waals surface area contributed by atoms with Gasteiger partial charge in [-0.1, -0.05) is 18.1 Å². The Morgan fingerprint density at radius 1 is 1.24 bits per heavy atom. The molecule has 0 radical (unpaired) electrons. The Labute approximate surface area is 150 Å². The van der Waals surface area contributed by atoms with Gasteiger partial charge in [0.15, 0.2) is 0 Å². The van der Waals surface area contributed by atoms with Crippen LogP contribution in [-0.4, -0.2) is 61.2 Å². The normalized spacial score (nSPS) is 20.4. The molecule has 1 N–H and O–H groups in total. The number of urea groups is 1. The van der Waals surface area contributed by atoms with E-state index in [4.69, 9.17) is 11.2 Å². The van der Waals surface area contributed by atoms with E-state index in [0.717, 1.165) is 31.7 Å². The molecule has 0 bridgehead atoms. The van der Waals surface area contributed by atoms with Crippen molar-refractivity contribution in [3.63, 3.8) is 0 Å². The maximum atomic E-state index is 12.3. The van der Waals surface area contributed by atoms with E-state index in [1.807, 2.05) is 29.2 Å². The number of nitrogens with one attached hydrogen (secondary N) is 1. The van der Waals surface area contributed by atoms with Crippen molar-refractivity contribution in [2.24, 2.45) is 0 Å². The second-order valence-corrected chi connectivity index (χ2v) is 6.75. The van der Waals surface area contributed by atoms with Gasteiger partial charge in [0, 0.05) is 25.7 Å². The van der Waals surface area contributed by atoms with E-state index in [1.165, 1.54) is 31.5 Å². The van der Waals surface area contributed by atoms with Crippen LogP contribution in [0.2, 0.25) is 0 Å². The zero-order valence-corrected chi connectivity index (χ0v) is 14.7. The molecule has 1 aromatic carbocycles. The van der Waals surface area contributed by atoms with Gasteiger partial charge in [-0.2, -0.15) is 0 Å². The number of hydrogen-bond donors (Lipinski definition) is 1. The molecule has 1 unspecified atom stereocenters. The molecule has 1 aromatic rings. The molecule has 134 valence electrons. The Morgan fingerprint density at radius 2 is 2.00 bits per heavy atom. The van der Waals surface area contributed by atoms with Gasteiger partial charge in [0.1, 0.15) is 12.4 Å². The van der Waals surface area contributed by atoms with Crippen molar-refractivity contribution in [1.82, 2.24) is 15.1 Å². The summed E-state index contributed by atoms with van der Waals surface area (Å²) in [5.41, 5.74) is 1.17. The summed E-state index contributed by atoms with van der Waals surface area (Å²) in [6.07, 6.45) is 9.69. The number of amides is 2. The van der Waals surface area contributed by atoms with E-state index in [9.17, 15) is 4.79 Å². The van der Waals surface area contributed by atoms with E-state index >= 15 is 0 Å². The summed E-state index contributed by atoms with van der Waals surface area (Å²) in [5, 5.41) is 3.04. The molecule has 25 heavy (non-hydrogen) atoms. The predicted molar refractivity (Wildman–Crippen MR) is 98.7 cm³/mol. The summed E-state index contributed by atoms with van der Waals surface area (Å²) in [5.74, 6) is 3.22. The maximum absolute atomic E-state index is 12.3. The first-order valence-corrected chi connectivity index (χ1v) is 9.18. The number of benzene rings is 1. The van der Waals surface area contributed by atoms with Crippen molar-refractivity contribution >= 4 is 6.03 Å². The van der Waals surface area contributed by atoms with Gasteiger partial charge in [-0.3, -0.25) is 4.90 Å². The van der Waals surface area contributed by atoms with Gasteiger partial charge in [0.25, 0.3) is 0 Å². The molecular weight excluding hydrogens is 314 g/mol. The van der Waals surface area contributed by atoms with E-state index in [0.29, 0.717) is 12.6 Å². The zero-order chi connectivity index (χ0) is 17.5. The number of carbonyl (C=O) groups excluding carboxylic acids is 1. The summed E-state index contributed by atoms with van der Waals surface area (Å²) < 4.78 is 5.36. The van der Waals surface area contributed by atoms with Crippen LogP contribution in [0.25, 0.3) is 0 Å². The second kappa shape index (κ2) is 8.77. The molecule has 2 aliphatic rings. The fraction of sp³-hybridized carbons (Fsp3) is 0.550. The second-order valence-electron chi connectivity index (χ2n) is 6.75. The summed E-state index contributed by atoms with van der Waals surface area (Å²) >= 11 is 0. The fourth-order valence-electron chi connectivity index (χ4n) is 3.63. The third-order valence-corrected chi connectivity index (χ3v) is 5.04. The van der Waals surface area contributed by atoms with E-state index in [1.54, 1.807) is 0 Å². The highest BCUT2D eigenvalue weighted by atomic mass is 16.5. The van der Waals surface area contributed by atoms with Crippen LogP contribution in [0.1, 0.15) is 24.8 Å². The molecule has 2 heterocycles. The van der Waals surface area contributed by atoms with Crippen molar-refractivity contribution < 1.29 is 9.53 Å². The van der Waals surface area contributed by atoms with E-state index < -0.39 is 0 Å². The van der Waals surface area contributed by atoms with E-state index in [2.05, 4.69) is 16.1 Å². The zero-order valence-electron chi connectivity index (χ0n) is 14.7. The van der Waals surface area contributed by atoms with Crippen molar-refractivity contribution in [3.05, 3.63) is 29.8 Å². The van der Waals surface area contributed by atoms with Crippen molar-refractivity contribution in [2.75, 3.05) is 39.3 Å². The largest absolute Gasteiger partial charge is 0.481 e. The minimum atomic E-state index is 0.0654. The fourth-order valence-corrected chi connectivity index (χ4v) is 3.63. The van der Waals surface area contributed by atoms with Crippen LogP contribution in [0.3, 0.4) is 0 Å². The first-order chi connectivity index (χ1) is 12.3. The minimum absolute atomic E-state index is 0.0654. The smallest absolute Gasteiger partial charge is 0.317 e. The molecular formula is C20H27N3O2. The number of hydrogen-bond acceptors (Lipinski definition) is 3. The lowest BCUT2D eigenvalue weighted by Gasteiger charge is -2.23. The number of rotatable bonds is 6. The van der Waals surface area contributed by atoms with Crippen molar-refractivity contribution in [3.8, 4) is 18.1 Å². The summed E-state index contributed by atoms with van der Waals surface area (Å²) in [4.78, 5) is 16.8. The molecule has 2 aliphatic heterocycles.